The average Bonchev–Trinajstić information content (AvgIpc) is 2.61. The fraction of sp³-hybridized carbons (Fsp3) is 0.158. The zero-order valence-corrected chi connectivity index (χ0v) is 14.1. The summed E-state index contributed by atoms with van der Waals surface area (Å²) >= 11 is 0. The van der Waals surface area contributed by atoms with Gasteiger partial charge in [0, 0.05) is 24.5 Å². The van der Waals surface area contributed by atoms with Gasteiger partial charge < -0.3 is 14.1 Å². The van der Waals surface area contributed by atoms with Gasteiger partial charge in [-0.3, -0.25) is 4.79 Å². The molecule has 0 fully saturated rings. The van der Waals surface area contributed by atoms with Crippen molar-refractivity contribution in [2.24, 2.45) is 0 Å². The van der Waals surface area contributed by atoms with Gasteiger partial charge in [-0.25, -0.2) is 4.79 Å². The third kappa shape index (κ3) is 4.28. The maximum Gasteiger partial charge on any atom is 0.573 e. The van der Waals surface area contributed by atoms with Crippen molar-refractivity contribution in [2.45, 2.75) is 12.9 Å². The Hall–Kier alpha value is -3.29. The fourth-order valence-corrected chi connectivity index (χ4v) is 2.60. The number of nitrogens with zero attached hydrogens (tertiary/aromatic N) is 1. The molecular formula is C19H14F3NO4. The Balaban J connectivity index is 1.87. The van der Waals surface area contributed by atoms with E-state index in [9.17, 15) is 22.8 Å². The zero-order chi connectivity index (χ0) is 19.6. The summed E-state index contributed by atoms with van der Waals surface area (Å²) in [7, 11) is 1.38. The van der Waals surface area contributed by atoms with Crippen molar-refractivity contribution in [1.82, 2.24) is 4.90 Å². The van der Waals surface area contributed by atoms with Crippen LogP contribution < -0.4 is 10.4 Å². The Labute approximate surface area is 151 Å². The lowest BCUT2D eigenvalue weighted by atomic mass is 10.1. The summed E-state index contributed by atoms with van der Waals surface area (Å²) in [4.78, 5) is 25.8. The van der Waals surface area contributed by atoms with Crippen LogP contribution in [0.2, 0.25) is 0 Å². The Kier molecular flexibility index (Phi) is 4.89. The minimum atomic E-state index is -4.85. The number of rotatable bonds is 4. The summed E-state index contributed by atoms with van der Waals surface area (Å²) in [5.41, 5.74) is -0.530. The summed E-state index contributed by atoms with van der Waals surface area (Å²) in [6.45, 7) is -0.183. The van der Waals surface area contributed by atoms with E-state index in [1.165, 1.54) is 31.3 Å². The molecule has 1 aromatic heterocycles. The van der Waals surface area contributed by atoms with E-state index in [2.05, 4.69) is 4.74 Å². The highest BCUT2D eigenvalue weighted by Crippen LogP contribution is 2.27. The predicted octanol–water partition coefficient (Wildman–Crippen LogP) is 3.96. The quantitative estimate of drug-likeness (QED) is 0.646. The first-order valence-corrected chi connectivity index (χ1v) is 7.86. The second-order valence-electron chi connectivity index (χ2n) is 5.80. The van der Waals surface area contributed by atoms with Crippen molar-refractivity contribution in [3.8, 4) is 5.75 Å². The lowest BCUT2D eigenvalue weighted by Crippen LogP contribution is -2.30. The van der Waals surface area contributed by atoms with Gasteiger partial charge in [0.2, 0.25) is 0 Å². The topological polar surface area (TPSA) is 59.8 Å². The molecule has 140 valence electrons. The molecule has 0 aliphatic rings. The first kappa shape index (κ1) is 18.5. The van der Waals surface area contributed by atoms with Crippen LogP contribution in [0.4, 0.5) is 13.2 Å². The van der Waals surface area contributed by atoms with Gasteiger partial charge in [0.05, 0.1) is 0 Å². The fourth-order valence-electron chi connectivity index (χ4n) is 2.60. The van der Waals surface area contributed by atoms with E-state index in [1.807, 2.05) is 0 Å². The molecule has 3 rings (SSSR count). The van der Waals surface area contributed by atoms with E-state index < -0.39 is 23.6 Å². The number of para-hydroxylation sites is 2. The van der Waals surface area contributed by atoms with Crippen molar-refractivity contribution >= 4 is 16.9 Å². The SMILES string of the molecule is CN(Cc1ccccc1OC(F)(F)F)C(=O)c1cc2ccccc2oc1=O. The average molecular weight is 377 g/mol. The third-order valence-corrected chi connectivity index (χ3v) is 3.82. The summed E-state index contributed by atoms with van der Waals surface area (Å²) in [5.74, 6) is -1.08. The van der Waals surface area contributed by atoms with E-state index in [-0.39, 0.29) is 17.7 Å². The van der Waals surface area contributed by atoms with Gasteiger partial charge in [-0.1, -0.05) is 36.4 Å². The van der Waals surface area contributed by atoms with Gasteiger partial charge in [-0.05, 0) is 18.2 Å². The molecule has 8 heteroatoms. The number of hydrogen-bond acceptors (Lipinski definition) is 4. The minimum absolute atomic E-state index is 0.149. The molecule has 0 N–H and O–H groups in total. The highest BCUT2D eigenvalue weighted by molar-refractivity contribution is 5.96. The second kappa shape index (κ2) is 7.14. The lowest BCUT2D eigenvalue weighted by molar-refractivity contribution is -0.275. The standard InChI is InChI=1S/C19H14F3NO4/c1-23(11-13-7-3-5-9-16(13)27-19(20,21)22)17(24)14-10-12-6-2-4-8-15(12)26-18(14)25/h2-10H,11H2,1H3. The van der Waals surface area contributed by atoms with E-state index in [0.717, 1.165) is 11.0 Å². The van der Waals surface area contributed by atoms with E-state index in [1.54, 1.807) is 24.3 Å². The van der Waals surface area contributed by atoms with Crippen molar-refractivity contribution < 1.29 is 27.1 Å². The predicted molar refractivity (Wildman–Crippen MR) is 91.4 cm³/mol. The second-order valence-corrected chi connectivity index (χ2v) is 5.80. The van der Waals surface area contributed by atoms with Gasteiger partial charge in [0.25, 0.3) is 5.91 Å². The number of carbonyl (C=O) groups is 1. The molecular weight excluding hydrogens is 363 g/mol. The number of fused-ring (bicyclic) bond motifs is 1. The van der Waals surface area contributed by atoms with Crippen LogP contribution in [0.5, 0.6) is 5.75 Å². The Morgan fingerprint density at radius 1 is 1.11 bits per heavy atom. The molecule has 1 amide bonds. The van der Waals surface area contributed by atoms with Crippen LogP contribution in [0.15, 0.2) is 63.8 Å². The van der Waals surface area contributed by atoms with E-state index >= 15 is 0 Å². The maximum absolute atomic E-state index is 12.6. The molecule has 0 bridgehead atoms. The molecule has 0 radical (unpaired) electrons. The van der Waals surface area contributed by atoms with E-state index in [4.69, 9.17) is 4.42 Å². The summed E-state index contributed by atoms with van der Waals surface area (Å²) in [5, 5.41) is 0.564. The number of ether oxygens (including phenoxy) is 1. The van der Waals surface area contributed by atoms with Crippen LogP contribution in [0, 0.1) is 0 Å². The van der Waals surface area contributed by atoms with Gasteiger partial charge >= 0.3 is 12.0 Å². The summed E-state index contributed by atoms with van der Waals surface area (Å²) in [6.07, 6.45) is -4.85. The van der Waals surface area contributed by atoms with Crippen LogP contribution in [-0.2, 0) is 6.54 Å². The third-order valence-electron chi connectivity index (χ3n) is 3.82. The largest absolute Gasteiger partial charge is 0.573 e. The number of carbonyl (C=O) groups excluding carboxylic acids is 1. The molecule has 0 aliphatic heterocycles. The first-order valence-electron chi connectivity index (χ1n) is 7.86. The van der Waals surface area contributed by atoms with Crippen LogP contribution in [0.25, 0.3) is 11.0 Å². The molecule has 2 aromatic carbocycles. The molecule has 0 saturated heterocycles. The normalized spacial score (nSPS) is 11.4. The number of amides is 1. The Morgan fingerprint density at radius 2 is 1.78 bits per heavy atom. The molecule has 1 heterocycles. The van der Waals surface area contributed by atoms with Crippen molar-refractivity contribution in [3.63, 3.8) is 0 Å². The van der Waals surface area contributed by atoms with Crippen molar-refractivity contribution in [2.75, 3.05) is 7.05 Å². The molecule has 0 aliphatic carbocycles. The van der Waals surface area contributed by atoms with Gasteiger partial charge in [-0.15, -0.1) is 13.2 Å². The molecule has 0 saturated carbocycles. The molecule has 27 heavy (non-hydrogen) atoms. The van der Waals surface area contributed by atoms with E-state index in [0.29, 0.717) is 11.0 Å². The van der Waals surface area contributed by atoms with Crippen molar-refractivity contribution in [1.29, 1.82) is 0 Å². The zero-order valence-electron chi connectivity index (χ0n) is 14.1. The maximum atomic E-state index is 12.6. The highest BCUT2D eigenvalue weighted by atomic mass is 19.4. The van der Waals surface area contributed by atoms with Crippen LogP contribution in [0.3, 0.4) is 0 Å². The number of benzene rings is 2. The summed E-state index contributed by atoms with van der Waals surface area (Å²) < 4.78 is 46.7. The van der Waals surface area contributed by atoms with Gasteiger partial charge in [0.15, 0.2) is 0 Å². The lowest BCUT2D eigenvalue weighted by Gasteiger charge is -2.19. The molecule has 0 unspecified atom stereocenters. The molecule has 3 aromatic rings. The molecule has 0 spiro atoms. The highest BCUT2D eigenvalue weighted by Gasteiger charge is 2.32. The number of alkyl halides is 3. The Bertz CT molecular complexity index is 1040. The number of hydrogen-bond donors (Lipinski definition) is 0. The summed E-state index contributed by atoms with van der Waals surface area (Å²) in [6, 6.07) is 13.6. The van der Waals surface area contributed by atoms with Crippen molar-refractivity contribution in [3.05, 3.63) is 76.1 Å². The molecule has 0 atom stereocenters. The van der Waals surface area contributed by atoms with Crippen LogP contribution in [0.1, 0.15) is 15.9 Å². The first-order chi connectivity index (χ1) is 12.7. The number of halogens is 3. The minimum Gasteiger partial charge on any atom is -0.422 e. The monoisotopic (exact) mass is 377 g/mol. The van der Waals surface area contributed by atoms with Gasteiger partial charge in [0.1, 0.15) is 16.9 Å². The molecule has 5 nitrogen and oxygen atoms in total. The van der Waals surface area contributed by atoms with Crippen LogP contribution in [-0.4, -0.2) is 24.2 Å². The Morgan fingerprint density at radius 3 is 2.52 bits per heavy atom. The smallest absolute Gasteiger partial charge is 0.422 e. The van der Waals surface area contributed by atoms with Gasteiger partial charge in [-0.2, -0.15) is 0 Å². The van der Waals surface area contributed by atoms with Crippen LogP contribution >= 0.6 is 0 Å².